The third kappa shape index (κ3) is 4.11. The molecule has 0 atom stereocenters. The molecule has 0 spiro atoms. The SMILES string of the molecule is CN(CCCc1nonc1-c1noc(=O)n1-c1ccc(F)c(Cl)c1)S(N)(=O)=O. The van der Waals surface area contributed by atoms with E-state index in [9.17, 15) is 17.6 Å². The molecule has 3 aromatic rings. The van der Waals surface area contributed by atoms with E-state index in [1.807, 2.05) is 0 Å². The minimum atomic E-state index is -3.80. The fourth-order valence-electron chi connectivity index (χ4n) is 2.39. The Morgan fingerprint density at radius 3 is 2.75 bits per heavy atom. The van der Waals surface area contributed by atoms with E-state index in [0.717, 1.165) is 14.9 Å². The maximum Gasteiger partial charge on any atom is 0.446 e. The number of rotatable bonds is 7. The molecular formula is C14H14ClFN6O5S. The minimum Gasteiger partial charge on any atom is -0.295 e. The van der Waals surface area contributed by atoms with Gasteiger partial charge in [-0.3, -0.25) is 4.52 Å². The van der Waals surface area contributed by atoms with Crippen LogP contribution in [0.3, 0.4) is 0 Å². The Morgan fingerprint density at radius 2 is 2.07 bits per heavy atom. The summed E-state index contributed by atoms with van der Waals surface area (Å²) in [4.78, 5) is 12.1. The predicted octanol–water partition coefficient (Wildman–Crippen LogP) is 0.736. The molecule has 0 aliphatic carbocycles. The van der Waals surface area contributed by atoms with Crippen LogP contribution >= 0.6 is 11.6 Å². The lowest BCUT2D eigenvalue weighted by Crippen LogP contribution is -2.34. The summed E-state index contributed by atoms with van der Waals surface area (Å²) in [6.07, 6.45) is 0.600. The molecule has 0 amide bonds. The molecule has 150 valence electrons. The zero-order valence-corrected chi connectivity index (χ0v) is 15.9. The highest BCUT2D eigenvalue weighted by Gasteiger charge is 2.23. The lowest BCUT2D eigenvalue weighted by Gasteiger charge is -2.12. The number of nitrogens with two attached hydrogens (primary N) is 1. The van der Waals surface area contributed by atoms with Crippen LogP contribution in [0, 0.1) is 5.82 Å². The van der Waals surface area contributed by atoms with Gasteiger partial charge in [-0.05, 0) is 36.2 Å². The van der Waals surface area contributed by atoms with Crippen LogP contribution in [-0.4, -0.2) is 46.4 Å². The van der Waals surface area contributed by atoms with Gasteiger partial charge in [-0.15, -0.1) is 0 Å². The van der Waals surface area contributed by atoms with Crippen molar-refractivity contribution in [1.82, 2.24) is 24.3 Å². The molecule has 2 N–H and O–H groups in total. The van der Waals surface area contributed by atoms with E-state index >= 15 is 0 Å². The Bertz CT molecular complexity index is 1160. The molecule has 0 aliphatic rings. The third-order valence-electron chi connectivity index (χ3n) is 3.86. The first-order chi connectivity index (χ1) is 13.2. The van der Waals surface area contributed by atoms with Crippen LogP contribution in [0.4, 0.5) is 4.39 Å². The highest BCUT2D eigenvalue weighted by atomic mass is 35.5. The van der Waals surface area contributed by atoms with Gasteiger partial charge in [0.05, 0.1) is 10.7 Å². The van der Waals surface area contributed by atoms with Crippen LogP contribution in [0.25, 0.3) is 17.2 Å². The monoisotopic (exact) mass is 432 g/mol. The van der Waals surface area contributed by atoms with Crippen LogP contribution in [0.15, 0.2) is 32.1 Å². The zero-order chi connectivity index (χ0) is 20.5. The minimum absolute atomic E-state index is 0.0243. The number of aromatic nitrogens is 4. The number of benzene rings is 1. The van der Waals surface area contributed by atoms with E-state index in [0.29, 0.717) is 12.1 Å². The largest absolute Gasteiger partial charge is 0.446 e. The molecule has 2 heterocycles. The van der Waals surface area contributed by atoms with Gasteiger partial charge in [-0.2, -0.15) is 12.7 Å². The van der Waals surface area contributed by atoms with Crippen molar-refractivity contribution in [2.75, 3.05) is 13.6 Å². The number of hydrogen-bond acceptors (Lipinski definition) is 8. The molecule has 0 bridgehead atoms. The van der Waals surface area contributed by atoms with Crippen molar-refractivity contribution in [2.24, 2.45) is 5.14 Å². The fourth-order valence-corrected chi connectivity index (χ4v) is 2.95. The van der Waals surface area contributed by atoms with Crippen LogP contribution in [0.2, 0.25) is 5.02 Å². The maximum atomic E-state index is 13.4. The summed E-state index contributed by atoms with van der Waals surface area (Å²) in [6.45, 7) is 0.129. The van der Waals surface area contributed by atoms with Gasteiger partial charge in [0.1, 0.15) is 11.5 Å². The van der Waals surface area contributed by atoms with E-state index in [-0.39, 0.29) is 35.2 Å². The molecule has 0 saturated heterocycles. The van der Waals surface area contributed by atoms with Crippen molar-refractivity contribution in [3.8, 4) is 17.2 Å². The van der Waals surface area contributed by atoms with E-state index in [1.54, 1.807) is 0 Å². The summed E-state index contributed by atoms with van der Waals surface area (Å²) >= 11 is 5.77. The molecule has 0 radical (unpaired) electrons. The normalized spacial score (nSPS) is 12.0. The Labute approximate surface area is 162 Å². The van der Waals surface area contributed by atoms with E-state index in [2.05, 4.69) is 15.5 Å². The fraction of sp³-hybridized carbons (Fsp3) is 0.286. The highest BCUT2D eigenvalue weighted by molar-refractivity contribution is 7.86. The number of aryl methyl sites for hydroxylation is 1. The molecule has 0 saturated carbocycles. The van der Waals surface area contributed by atoms with Gasteiger partial charge in [0.25, 0.3) is 10.2 Å². The van der Waals surface area contributed by atoms with Crippen molar-refractivity contribution >= 4 is 21.8 Å². The van der Waals surface area contributed by atoms with Crippen molar-refractivity contribution in [3.05, 3.63) is 45.3 Å². The number of halogens is 2. The van der Waals surface area contributed by atoms with Gasteiger partial charge in [0, 0.05) is 13.6 Å². The summed E-state index contributed by atoms with van der Waals surface area (Å²) in [6, 6.07) is 3.64. The van der Waals surface area contributed by atoms with Crippen molar-refractivity contribution in [2.45, 2.75) is 12.8 Å². The van der Waals surface area contributed by atoms with Crippen molar-refractivity contribution in [1.29, 1.82) is 0 Å². The second-order valence-electron chi connectivity index (χ2n) is 5.74. The van der Waals surface area contributed by atoms with Gasteiger partial charge < -0.3 is 0 Å². The van der Waals surface area contributed by atoms with E-state index in [1.165, 1.54) is 19.2 Å². The second kappa shape index (κ2) is 7.79. The lowest BCUT2D eigenvalue weighted by atomic mass is 10.2. The van der Waals surface area contributed by atoms with Gasteiger partial charge in [-0.25, -0.2) is 23.5 Å². The summed E-state index contributed by atoms with van der Waals surface area (Å²) < 4.78 is 47.3. The highest BCUT2D eigenvalue weighted by Crippen LogP contribution is 2.24. The van der Waals surface area contributed by atoms with Crippen molar-refractivity contribution < 1.29 is 22.0 Å². The third-order valence-corrected chi connectivity index (χ3v) is 5.20. The average Bonchev–Trinajstić information content (AvgIpc) is 3.22. The summed E-state index contributed by atoms with van der Waals surface area (Å²) in [5.41, 5.74) is 0.637. The Morgan fingerprint density at radius 1 is 1.32 bits per heavy atom. The first-order valence-corrected chi connectivity index (χ1v) is 9.66. The molecular weight excluding hydrogens is 419 g/mol. The standard InChI is InChI=1S/C14H14ClFN6O5S/c1-21(28(17,24)25)6-2-3-11-12(19-27-18-11)13-20-26-14(23)22(13)8-4-5-10(16)9(15)7-8/h4-5,7H,2-3,6H2,1H3,(H2,17,24,25). The zero-order valence-electron chi connectivity index (χ0n) is 14.4. The van der Waals surface area contributed by atoms with Crippen LogP contribution < -0.4 is 10.9 Å². The number of nitrogens with zero attached hydrogens (tertiary/aromatic N) is 5. The number of hydrogen-bond donors (Lipinski definition) is 1. The Hall–Kier alpha value is -2.61. The summed E-state index contributed by atoms with van der Waals surface area (Å²) in [5.74, 6) is -1.52. The first kappa shape index (κ1) is 20.1. The molecule has 3 rings (SSSR count). The topological polar surface area (TPSA) is 150 Å². The molecule has 14 heteroatoms. The van der Waals surface area contributed by atoms with Crippen LogP contribution in [0.5, 0.6) is 0 Å². The second-order valence-corrected chi connectivity index (χ2v) is 7.80. The Kier molecular flexibility index (Phi) is 5.60. The first-order valence-electron chi connectivity index (χ1n) is 7.78. The summed E-state index contributed by atoms with van der Waals surface area (Å²) in [7, 11) is -2.46. The molecule has 0 aliphatic heterocycles. The van der Waals surface area contributed by atoms with Gasteiger partial charge in [-0.1, -0.05) is 21.9 Å². The van der Waals surface area contributed by atoms with Gasteiger partial charge >= 0.3 is 5.76 Å². The molecule has 11 nitrogen and oxygen atoms in total. The lowest BCUT2D eigenvalue weighted by molar-refractivity contribution is 0.303. The smallest absolute Gasteiger partial charge is 0.295 e. The molecule has 1 aromatic carbocycles. The van der Waals surface area contributed by atoms with Gasteiger partial charge in [0.2, 0.25) is 5.82 Å². The predicted molar refractivity (Wildman–Crippen MR) is 94.4 cm³/mol. The maximum absolute atomic E-state index is 13.4. The molecule has 28 heavy (non-hydrogen) atoms. The van der Waals surface area contributed by atoms with E-state index < -0.39 is 21.8 Å². The van der Waals surface area contributed by atoms with Crippen LogP contribution in [-0.2, 0) is 16.6 Å². The van der Waals surface area contributed by atoms with Crippen molar-refractivity contribution in [3.63, 3.8) is 0 Å². The van der Waals surface area contributed by atoms with Crippen LogP contribution in [0.1, 0.15) is 12.1 Å². The summed E-state index contributed by atoms with van der Waals surface area (Å²) in [5, 5.41) is 16.0. The Balaban J connectivity index is 1.89. The van der Waals surface area contributed by atoms with E-state index in [4.69, 9.17) is 25.9 Å². The molecule has 0 fully saturated rings. The molecule has 0 unspecified atom stereocenters. The average molecular weight is 433 g/mol. The molecule has 2 aromatic heterocycles. The quantitative estimate of drug-likeness (QED) is 0.574. The van der Waals surface area contributed by atoms with Gasteiger partial charge in [0.15, 0.2) is 5.69 Å².